The summed E-state index contributed by atoms with van der Waals surface area (Å²) in [5.41, 5.74) is 4.56. The van der Waals surface area contributed by atoms with Crippen molar-refractivity contribution in [3.05, 3.63) is 121 Å². The number of benzene rings is 4. The minimum Gasteiger partial charge on any atom is -0.361 e. The van der Waals surface area contributed by atoms with Crippen molar-refractivity contribution in [1.29, 1.82) is 0 Å². The molecule has 2 aliphatic heterocycles. The Morgan fingerprint density at radius 1 is 0.533 bits per heavy atom. The minimum absolute atomic E-state index is 1.08. The van der Waals surface area contributed by atoms with E-state index in [1.54, 1.807) is 0 Å². The Hall–Kier alpha value is -4.04. The van der Waals surface area contributed by atoms with E-state index in [1.165, 1.54) is 43.4 Å². The molecule has 0 bridgehead atoms. The van der Waals surface area contributed by atoms with Gasteiger partial charge in [0.05, 0.1) is 0 Å². The van der Waals surface area contributed by atoms with Crippen LogP contribution < -0.4 is 10.6 Å². The summed E-state index contributed by atoms with van der Waals surface area (Å²) in [6.07, 6.45) is 20.6. The standard InChI is InChI=1S/C28H20N2/c1-3-10-24(29-16-5-1)23-18-21-13-12-19-8-7-9-20-14-15-22(27(21)26(19)20)28(23)25-11-4-2-6-17-30-25/h1-18,29-30H. The number of hydrogen-bond donors (Lipinski definition) is 2. The fourth-order valence-electron chi connectivity index (χ4n) is 4.55. The van der Waals surface area contributed by atoms with E-state index in [9.17, 15) is 0 Å². The second-order valence-electron chi connectivity index (χ2n) is 7.59. The summed E-state index contributed by atoms with van der Waals surface area (Å²) < 4.78 is 0. The van der Waals surface area contributed by atoms with Gasteiger partial charge in [0.1, 0.15) is 0 Å². The maximum atomic E-state index is 3.49. The SMILES string of the molecule is C1=CC=C(c2cc3ccc4cccc5ccc(c2C2=CC=CC=CN2)c3c45)NC=C1. The third-order valence-electron chi connectivity index (χ3n) is 5.85. The van der Waals surface area contributed by atoms with Crippen LogP contribution in [0.15, 0.2) is 110 Å². The van der Waals surface area contributed by atoms with Gasteiger partial charge in [-0.05, 0) is 62.7 Å². The van der Waals surface area contributed by atoms with Gasteiger partial charge < -0.3 is 10.6 Å². The molecule has 0 aromatic heterocycles. The molecule has 142 valence electrons. The van der Waals surface area contributed by atoms with Crippen LogP contribution >= 0.6 is 0 Å². The van der Waals surface area contributed by atoms with E-state index in [0.29, 0.717) is 0 Å². The van der Waals surface area contributed by atoms with Gasteiger partial charge >= 0.3 is 0 Å². The largest absolute Gasteiger partial charge is 0.361 e. The molecule has 2 heteroatoms. The first-order valence-corrected chi connectivity index (χ1v) is 10.2. The molecule has 2 N–H and O–H groups in total. The van der Waals surface area contributed by atoms with Gasteiger partial charge in [0.15, 0.2) is 0 Å². The van der Waals surface area contributed by atoms with Gasteiger partial charge in [-0.15, -0.1) is 0 Å². The van der Waals surface area contributed by atoms with Crippen LogP contribution in [0.25, 0.3) is 43.7 Å². The molecule has 0 unspecified atom stereocenters. The molecule has 0 atom stereocenters. The van der Waals surface area contributed by atoms with Gasteiger partial charge in [-0.25, -0.2) is 0 Å². The average molecular weight is 384 g/mol. The van der Waals surface area contributed by atoms with Gasteiger partial charge in [-0.1, -0.05) is 66.8 Å². The van der Waals surface area contributed by atoms with E-state index in [-0.39, 0.29) is 0 Å². The summed E-state index contributed by atoms with van der Waals surface area (Å²) in [5, 5.41) is 14.7. The van der Waals surface area contributed by atoms with Gasteiger partial charge in [0, 0.05) is 34.9 Å². The predicted molar refractivity (Wildman–Crippen MR) is 129 cm³/mol. The normalized spacial score (nSPS) is 15.7. The zero-order valence-corrected chi connectivity index (χ0v) is 16.4. The monoisotopic (exact) mass is 384 g/mol. The van der Waals surface area contributed by atoms with Crippen molar-refractivity contribution in [3.8, 4) is 0 Å². The van der Waals surface area contributed by atoms with E-state index in [0.717, 1.165) is 11.4 Å². The quantitative estimate of drug-likeness (QED) is 0.380. The van der Waals surface area contributed by atoms with Crippen LogP contribution in [-0.4, -0.2) is 0 Å². The number of hydrogen-bond acceptors (Lipinski definition) is 2. The molecular weight excluding hydrogens is 364 g/mol. The summed E-state index contributed by atoms with van der Waals surface area (Å²) >= 11 is 0. The average Bonchev–Trinajstić information content (AvgIpc) is 3.22. The van der Waals surface area contributed by atoms with Crippen LogP contribution in [0.5, 0.6) is 0 Å². The third kappa shape index (κ3) is 2.58. The maximum Gasteiger partial charge on any atom is 0.0466 e. The maximum absolute atomic E-state index is 3.49. The first kappa shape index (κ1) is 16.9. The highest BCUT2D eigenvalue weighted by Gasteiger charge is 2.19. The lowest BCUT2D eigenvalue weighted by Crippen LogP contribution is -2.11. The molecule has 0 radical (unpaired) electrons. The molecule has 0 fully saturated rings. The minimum atomic E-state index is 1.08. The Balaban J connectivity index is 1.77. The molecule has 0 amide bonds. The van der Waals surface area contributed by atoms with Crippen LogP contribution in [0.4, 0.5) is 0 Å². The van der Waals surface area contributed by atoms with Crippen molar-refractivity contribution in [2.24, 2.45) is 0 Å². The Kier molecular flexibility index (Phi) is 3.82. The van der Waals surface area contributed by atoms with E-state index in [2.05, 4.69) is 83.5 Å². The Bertz CT molecular complexity index is 1460. The van der Waals surface area contributed by atoms with E-state index >= 15 is 0 Å². The van der Waals surface area contributed by atoms with Crippen LogP contribution in [0.1, 0.15) is 11.1 Å². The van der Waals surface area contributed by atoms with E-state index in [4.69, 9.17) is 0 Å². The third-order valence-corrected chi connectivity index (χ3v) is 5.85. The van der Waals surface area contributed by atoms with Crippen molar-refractivity contribution in [2.45, 2.75) is 0 Å². The zero-order chi connectivity index (χ0) is 19.9. The van der Waals surface area contributed by atoms with Crippen LogP contribution in [0, 0.1) is 0 Å². The Morgan fingerprint density at radius 2 is 1.20 bits per heavy atom. The van der Waals surface area contributed by atoms with Crippen LogP contribution in [0.2, 0.25) is 0 Å². The van der Waals surface area contributed by atoms with Gasteiger partial charge in [0.2, 0.25) is 0 Å². The molecular formula is C28H20N2. The van der Waals surface area contributed by atoms with Crippen molar-refractivity contribution < 1.29 is 0 Å². The molecule has 0 saturated carbocycles. The lowest BCUT2D eigenvalue weighted by molar-refractivity contribution is 1.19. The zero-order valence-electron chi connectivity index (χ0n) is 16.4. The first-order chi connectivity index (χ1) is 14.9. The second-order valence-corrected chi connectivity index (χ2v) is 7.59. The fraction of sp³-hybridized carbons (Fsp3) is 0. The molecule has 2 nitrogen and oxygen atoms in total. The fourth-order valence-corrected chi connectivity index (χ4v) is 4.55. The van der Waals surface area contributed by atoms with Crippen LogP contribution in [0.3, 0.4) is 0 Å². The predicted octanol–water partition coefficient (Wildman–Crippen LogP) is 6.61. The Morgan fingerprint density at radius 3 is 2.00 bits per heavy atom. The molecule has 6 rings (SSSR count). The van der Waals surface area contributed by atoms with Crippen molar-refractivity contribution in [1.82, 2.24) is 10.6 Å². The molecule has 4 aromatic rings. The van der Waals surface area contributed by atoms with Crippen LogP contribution in [-0.2, 0) is 0 Å². The topological polar surface area (TPSA) is 24.1 Å². The molecule has 2 aliphatic rings. The highest BCUT2D eigenvalue weighted by Crippen LogP contribution is 2.40. The highest BCUT2D eigenvalue weighted by atomic mass is 14.9. The van der Waals surface area contributed by atoms with E-state index in [1.807, 2.05) is 36.7 Å². The highest BCUT2D eigenvalue weighted by molar-refractivity contribution is 6.25. The molecule has 0 spiro atoms. The number of rotatable bonds is 2. The number of allylic oxidation sites excluding steroid dienone is 8. The molecule has 0 saturated heterocycles. The molecule has 4 aromatic carbocycles. The second kappa shape index (κ2) is 6.78. The van der Waals surface area contributed by atoms with Crippen molar-refractivity contribution in [3.63, 3.8) is 0 Å². The summed E-state index contributed by atoms with van der Waals surface area (Å²) in [4.78, 5) is 0. The van der Waals surface area contributed by atoms with Gasteiger partial charge in [0.25, 0.3) is 0 Å². The lowest BCUT2D eigenvalue weighted by Gasteiger charge is -2.21. The van der Waals surface area contributed by atoms with Crippen molar-refractivity contribution in [2.75, 3.05) is 0 Å². The Labute approximate surface area is 175 Å². The van der Waals surface area contributed by atoms with Gasteiger partial charge in [-0.3, -0.25) is 0 Å². The summed E-state index contributed by atoms with van der Waals surface area (Å²) in [6.45, 7) is 0. The summed E-state index contributed by atoms with van der Waals surface area (Å²) in [6, 6.07) is 17.9. The van der Waals surface area contributed by atoms with E-state index < -0.39 is 0 Å². The van der Waals surface area contributed by atoms with Gasteiger partial charge in [-0.2, -0.15) is 0 Å². The molecule has 30 heavy (non-hydrogen) atoms. The summed E-state index contributed by atoms with van der Waals surface area (Å²) in [5.74, 6) is 0. The first-order valence-electron chi connectivity index (χ1n) is 10.2. The molecule has 0 aliphatic carbocycles. The summed E-state index contributed by atoms with van der Waals surface area (Å²) in [7, 11) is 0. The van der Waals surface area contributed by atoms with Crippen molar-refractivity contribution >= 4 is 43.7 Å². The molecule has 2 heterocycles. The number of nitrogens with one attached hydrogen (secondary N) is 2. The smallest absolute Gasteiger partial charge is 0.0466 e. The lowest BCUT2D eigenvalue weighted by atomic mass is 9.87.